The maximum atomic E-state index is 12.6. The van der Waals surface area contributed by atoms with Crippen LogP contribution in [0.1, 0.15) is 0 Å². The van der Waals surface area contributed by atoms with E-state index in [9.17, 15) is 4.79 Å². The van der Waals surface area contributed by atoms with Gasteiger partial charge in [0.05, 0.1) is 0 Å². The molecule has 0 unspecified atom stereocenters. The second kappa shape index (κ2) is 9.49. The van der Waals surface area contributed by atoms with Crippen molar-refractivity contribution in [3.63, 3.8) is 0 Å². The summed E-state index contributed by atoms with van der Waals surface area (Å²) in [6.45, 7) is 3.83. The number of pyridine rings is 1. The number of benzene rings is 2. The van der Waals surface area contributed by atoms with Gasteiger partial charge in [0.25, 0.3) is 5.56 Å². The predicted molar refractivity (Wildman–Crippen MR) is 134 cm³/mol. The van der Waals surface area contributed by atoms with E-state index in [4.69, 9.17) is 4.74 Å². The van der Waals surface area contributed by atoms with Crippen LogP contribution in [0, 0.1) is 0 Å². The van der Waals surface area contributed by atoms with Gasteiger partial charge in [0.1, 0.15) is 23.0 Å². The summed E-state index contributed by atoms with van der Waals surface area (Å²) in [5.74, 6) is 2.32. The van der Waals surface area contributed by atoms with Crippen molar-refractivity contribution < 1.29 is 4.74 Å². The van der Waals surface area contributed by atoms with Crippen LogP contribution in [-0.2, 0) is 7.05 Å². The van der Waals surface area contributed by atoms with Crippen LogP contribution in [-0.4, -0.2) is 52.9 Å². The fourth-order valence-corrected chi connectivity index (χ4v) is 4.12. The van der Waals surface area contributed by atoms with Crippen LogP contribution in [0.25, 0.3) is 22.4 Å². The molecule has 172 valence electrons. The van der Waals surface area contributed by atoms with E-state index < -0.39 is 0 Å². The maximum Gasteiger partial charge on any atom is 0.267 e. The van der Waals surface area contributed by atoms with Gasteiger partial charge in [-0.1, -0.05) is 30.3 Å². The van der Waals surface area contributed by atoms with Crippen molar-refractivity contribution in [1.82, 2.24) is 19.7 Å². The molecular weight excluding hydrogens is 426 g/mol. The van der Waals surface area contributed by atoms with Crippen LogP contribution in [0.3, 0.4) is 0 Å². The lowest BCUT2D eigenvalue weighted by atomic mass is 10.00. The molecule has 1 aliphatic heterocycles. The van der Waals surface area contributed by atoms with Crippen LogP contribution in [0.4, 0.5) is 5.82 Å². The fourth-order valence-electron chi connectivity index (χ4n) is 4.12. The van der Waals surface area contributed by atoms with E-state index in [1.807, 2.05) is 66.7 Å². The van der Waals surface area contributed by atoms with Gasteiger partial charge in [0.15, 0.2) is 0 Å². The molecule has 2 aromatic heterocycles. The van der Waals surface area contributed by atoms with Crippen LogP contribution in [0.15, 0.2) is 83.8 Å². The number of piperazine rings is 1. The highest BCUT2D eigenvalue weighted by Gasteiger charge is 2.19. The van der Waals surface area contributed by atoms with E-state index in [1.165, 1.54) is 4.68 Å². The van der Waals surface area contributed by atoms with Crippen LogP contribution < -0.4 is 15.2 Å². The zero-order valence-corrected chi connectivity index (χ0v) is 19.4. The molecule has 0 amide bonds. The number of rotatable bonds is 5. The predicted octanol–water partition coefficient (Wildman–Crippen LogP) is 4.05. The second-order valence-corrected chi connectivity index (χ2v) is 8.47. The first-order chi connectivity index (χ1) is 16.6. The Labute approximate surface area is 198 Å². The Kier molecular flexibility index (Phi) is 6.10. The van der Waals surface area contributed by atoms with Crippen molar-refractivity contribution in [2.24, 2.45) is 7.05 Å². The SMILES string of the molecule is CN1CCN(c2cc(-c3cc(=O)n(C)nc3-c3ccccc3Oc3ccccc3)ccn2)CC1. The molecule has 7 nitrogen and oxygen atoms in total. The molecule has 0 atom stereocenters. The summed E-state index contributed by atoms with van der Waals surface area (Å²) < 4.78 is 7.56. The van der Waals surface area contributed by atoms with Gasteiger partial charge < -0.3 is 14.5 Å². The summed E-state index contributed by atoms with van der Waals surface area (Å²) in [6, 6.07) is 23.0. The molecule has 1 fully saturated rings. The molecule has 1 aliphatic rings. The van der Waals surface area contributed by atoms with E-state index in [1.54, 1.807) is 19.3 Å². The van der Waals surface area contributed by atoms with Crippen molar-refractivity contribution >= 4 is 5.82 Å². The molecule has 5 rings (SSSR count). The molecule has 0 saturated carbocycles. The Balaban J connectivity index is 1.59. The Morgan fingerprint density at radius 3 is 2.35 bits per heavy atom. The molecule has 0 spiro atoms. The standard InChI is InChI=1S/C27H27N5O2/c1-30-14-16-32(17-15-30)25-18-20(12-13-28-25)23-19-26(33)31(2)29-27(23)22-10-6-7-11-24(22)34-21-8-4-3-5-9-21/h3-13,18-19H,14-17H2,1-2H3. The van der Waals surface area contributed by atoms with Gasteiger partial charge in [-0.15, -0.1) is 0 Å². The van der Waals surface area contributed by atoms with E-state index in [-0.39, 0.29) is 5.56 Å². The molecule has 0 radical (unpaired) electrons. The molecule has 2 aromatic carbocycles. The van der Waals surface area contributed by atoms with Crippen LogP contribution >= 0.6 is 0 Å². The van der Waals surface area contributed by atoms with Gasteiger partial charge in [-0.3, -0.25) is 4.79 Å². The van der Waals surface area contributed by atoms with Crippen molar-refractivity contribution in [1.29, 1.82) is 0 Å². The Hall–Kier alpha value is -3.97. The second-order valence-electron chi connectivity index (χ2n) is 8.47. The molecule has 0 bridgehead atoms. The lowest BCUT2D eigenvalue weighted by Gasteiger charge is -2.33. The maximum absolute atomic E-state index is 12.6. The van der Waals surface area contributed by atoms with E-state index >= 15 is 0 Å². The average Bonchev–Trinajstić information content (AvgIpc) is 2.87. The Bertz CT molecular complexity index is 1340. The number of aryl methyl sites for hydroxylation is 1. The molecule has 4 aromatic rings. The summed E-state index contributed by atoms with van der Waals surface area (Å²) in [6.07, 6.45) is 1.80. The molecule has 0 aliphatic carbocycles. The zero-order chi connectivity index (χ0) is 23.5. The molecule has 34 heavy (non-hydrogen) atoms. The highest BCUT2D eigenvalue weighted by Crippen LogP contribution is 2.37. The minimum Gasteiger partial charge on any atom is -0.457 e. The lowest BCUT2D eigenvalue weighted by molar-refractivity contribution is 0.312. The number of anilines is 1. The largest absolute Gasteiger partial charge is 0.457 e. The van der Waals surface area contributed by atoms with Gasteiger partial charge >= 0.3 is 0 Å². The third kappa shape index (κ3) is 4.56. The summed E-state index contributed by atoms with van der Waals surface area (Å²) in [7, 11) is 3.80. The Morgan fingerprint density at radius 2 is 1.56 bits per heavy atom. The number of para-hydroxylation sites is 2. The third-order valence-corrected chi connectivity index (χ3v) is 6.09. The lowest BCUT2D eigenvalue weighted by Crippen LogP contribution is -2.44. The minimum atomic E-state index is -0.168. The number of nitrogens with zero attached hydrogens (tertiary/aromatic N) is 5. The van der Waals surface area contributed by atoms with Crippen molar-refractivity contribution in [3.05, 3.63) is 89.3 Å². The smallest absolute Gasteiger partial charge is 0.267 e. The quantitative estimate of drug-likeness (QED) is 0.454. The van der Waals surface area contributed by atoms with Crippen molar-refractivity contribution in [2.75, 3.05) is 38.1 Å². The molecular formula is C27H27N5O2. The normalized spacial score (nSPS) is 14.2. The number of hydrogen-bond acceptors (Lipinski definition) is 6. The minimum absolute atomic E-state index is 0.168. The van der Waals surface area contributed by atoms with Gasteiger partial charge in [-0.25, -0.2) is 9.67 Å². The fraction of sp³-hybridized carbons (Fsp3) is 0.222. The molecule has 3 heterocycles. The highest BCUT2D eigenvalue weighted by molar-refractivity contribution is 5.84. The van der Waals surface area contributed by atoms with Gasteiger partial charge in [0.2, 0.25) is 0 Å². The molecule has 1 saturated heterocycles. The summed E-state index contributed by atoms with van der Waals surface area (Å²) >= 11 is 0. The highest BCUT2D eigenvalue weighted by atomic mass is 16.5. The van der Waals surface area contributed by atoms with E-state index in [0.717, 1.165) is 54.4 Å². The molecule has 0 N–H and O–H groups in total. The van der Waals surface area contributed by atoms with Crippen LogP contribution in [0.5, 0.6) is 11.5 Å². The summed E-state index contributed by atoms with van der Waals surface area (Å²) in [5, 5.41) is 4.66. The molecule has 7 heteroatoms. The van der Waals surface area contributed by atoms with Gasteiger partial charge in [0, 0.05) is 56.6 Å². The average molecular weight is 454 g/mol. The van der Waals surface area contributed by atoms with E-state index in [2.05, 4.69) is 26.9 Å². The summed E-state index contributed by atoms with van der Waals surface area (Å²) in [5.41, 5.74) is 2.99. The number of hydrogen-bond donors (Lipinski definition) is 0. The van der Waals surface area contributed by atoms with Crippen molar-refractivity contribution in [2.45, 2.75) is 0 Å². The van der Waals surface area contributed by atoms with Crippen LogP contribution in [0.2, 0.25) is 0 Å². The Morgan fingerprint density at radius 1 is 0.824 bits per heavy atom. The van der Waals surface area contributed by atoms with Gasteiger partial charge in [-0.2, -0.15) is 5.10 Å². The number of ether oxygens (including phenoxy) is 1. The summed E-state index contributed by atoms with van der Waals surface area (Å²) in [4.78, 5) is 21.8. The first kappa shape index (κ1) is 21.9. The first-order valence-electron chi connectivity index (χ1n) is 11.4. The van der Waals surface area contributed by atoms with Gasteiger partial charge in [-0.05, 0) is 49.0 Å². The number of aromatic nitrogens is 3. The monoisotopic (exact) mass is 453 g/mol. The van der Waals surface area contributed by atoms with E-state index in [0.29, 0.717) is 11.4 Å². The number of likely N-dealkylation sites (N-methyl/N-ethyl adjacent to an activating group) is 1. The first-order valence-corrected chi connectivity index (χ1v) is 11.4. The topological polar surface area (TPSA) is 63.5 Å². The zero-order valence-electron chi connectivity index (χ0n) is 19.4. The van der Waals surface area contributed by atoms with Crippen molar-refractivity contribution in [3.8, 4) is 33.9 Å². The third-order valence-electron chi connectivity index (χ3n) is 6.09.